The van der Waals surface area contributed by atoms with Crippen molar-refractivity contribution < 1.29 is 0 Å². The van der Waals surface area contributed by atoms with Crippen molar-refractivity contribution in [2.45, 2.75) is 65.5 Å². The Morgan fingerprint density at radius 3 is 2.58 bits per heavy atom. The number of rotatable bonds is 9. The third kappa shape index (κ3) is 8.16. The minimum Gasteiger partial charge on any atom is -0.356 e. The van der Waals surface area contributed by atoms with Crippen molar-refractivity contribution in [1.82, 2.24) is 35.2 Å². The van der Waals surface area contributed by atoms with Crippen LogP contribution in [0.3, 0.4) is 0 Å². The topological polar surface area (TPSA) is 73.6 Å². The van der Waals surface area contributed by atoms with Gasteiger partial charge in [-0.15, -0.1) is 34.2 Å². The summed E-state index contributed by atoms with van der Waals surface area (Å²) in [5, 5.41) is 15.5. The Bertz CT molecular complexity index is 668. The van der Waals surface area contributed by atoms with Crippen LogP contribution in [0.25, 0.3) is 0 Å². The van der Waals surface area contributed by atoms with Gasteiger partial charge >= 0.3 is 0 Å². The molecule has 1 unspecified atom stereocenters. The van der Waals surface area contributed by atoms with Crippen LogP contribution >= 0.6 is 24.0 Å². The molecule has 178 valence electrons. The zero-order valence-electron chi connectivity index (χ0n) is 19.9. The molecule has 3 heterocycles. The van der Waals surface area contributed by atoms with E-state index >= 15 is 0 Å². The second-order valence-corrected chi connectivity index (χ2v) is 9.00. The molecule has 1 atom stereocenters. The molecular weight excluding hydrogens is 503 g/mol. The van der Waals surface area contributed by atoms with Gasteiger partial charge < -0.3 is 20.1 Å². The van der Waals surface area contributed by atoms with Crippen LogP contribution in [0.4, 0.5) is 0 Å². The molecule has 31 heavy (non-hydrogen) atoms. The number of hydrogen-bond acceptors (Lipinski definition) is 5. The molecule has 0 spiro atoms. The summed E-state index contributed by atoms with van der Waals surface area (Å²) in [4.78, 5) is 9.98. The fourth-order valence-corrected chi connectivity index (χ4v) is 4.47. The first-order valence-corrected chi connectivity index (χ1v) is 11.9. The summed E-state index contributed by atoms with van der Waals surface area (Å²) in [5.41, 5.74) is 0. The number of aliphatic imine (C=N–C) groups is 1. The third-order valence-electron chi connectivity index (χ3n) is 6.79. The number of aromatic nitrogens is 3. The predicted molar refractivity (Wildman–Crippen MR) is 138 cm³/mol. The average molecular weight is 547 g/mol. The highest BCUT2D eigenvalue weighted by molar-refractivity contribution is 14.0. The quantitative estimate of drug-likeness (QED) is 0.215. The van der Waals surface area contributed by atoms with Crippen LogP contribution in [-0.2, 0) is 13.6 Å². The maximum atomic E-state index is 4.81. The summed E-state index contributed by atoms with van der Waals surface area (Å²) in [6, 6.07) is 0.606. The Balaban J connectivity index is 0.00000341. The van der Waals surface area contributed by atoms with Gasteiger partial charge in [-0.1, -0.05) is 13.8 Å². The molecule has 0 radical (unpaired) electrons. The smallest absolute Gasteiger partial charge is 0.191 e. The van der Waals surface area contributed by atoms with Crippen LogP contribution in [-0.4, -0.2) is 82.4 Å². The van der Waals surface area contributed by atoms with Gasteiger partial charge in [-0.2, -0.15) is 0 Å². The fourth-order valence-electron chi connectivity index (χ4n) is 4.47. The molecule has 2 saturated heterocycles. The van der Waals surface area contributed by atoms with Crippen LogP contribution < -0.4 is 10.6 Å². The van der Waals surface area contributed by atoms with Gasteiger partial charge in [-0.25, -0.2) is 4.99 Å². The van der Waals surface area contributed by atoms with E-state index in [1.54, 1.807) is 0 Å². The first-order valence-electron chi connectivity index (χ1n) is 11.9. The molecule has 0 aromatic carbocycles. The molecular formula is C22H43IN8. The highest BCUT2D eigenvalue weighted by Crippen LogP contribution is 2.16. The van der Waals surface area contributed by atoms with Gasteiger partial charge in [0.05, 0.1) is 0 Å². The standard InChI is InChI=1S/C22H42N8.HI/c1-5-30-13-6-8-20(30)16-24-22(25-17-21-27-26-19(3)28(21)4)23-11-7-12-29-14-9-18(2)10-15-29;/h18,20H,5-17H2,1-4H3,(H2,23,24,25);1H. The van der Waals surface area contributed by atoms with Gasteiger partial charge in [0.25, 0.3) is 0 Å². The lowest BCUT2D eigenvalue weighted by molar-refractivity contribution is 0.191. The largest absolute Gasteiger partial charge is 0.356 e. The van der Waals surface area contributed by atoms with E-state index in [4.69, 9.17) is 4.99 Å². The molecule has 0 bridgehead atoms. The lowest BCUT2D eigenvalue weighted by atomic mass is 9.99. The third-order valence-corrected chi connectivity index (χ3v) is 6.79. The number of nitrogens with one attached hydrogen (secondary N) is 2. The van der Waals surface area contributed by atoms with Gasteiger partial charge in [0.15, 0.2) is 11.8 Å². The molecule has 0 amide bonds. The lowest BCUT2D eigenvalue weighted by Crippen LogP contribution is -2.45. The fraction of sp³-hybridized carbons (Fsp3) is 0.864. The van der Waals surface area contributed by atoms with E-state index in [1.165, 1.54) is 51.9 Å². The highest BCUT2D eigenvalue weighted by Gasteiger charge is 2.23. The first kappa shape index (κ1) is 26.3. The second-order valence-electron chi connectivity index (χ2n) is 9.00. The van der Waals surface area contributed by atoms with Gasteiger partial charge in [-0.3, -0.25) is 4.90 Å². The zero-order chi connectivity index (χ0) is 21.3. The summed E-state index contributed by atoms with van der Waals surface area (Å²) in [6.07, 6.45) is 6.39. The average Bonchev–Trinajstić information content (AvgIpc) is 3.34. The summed E-state index contributed by atoms with van der Waals surface area (Å²) >= 11 is 0. The van der Waals surface area contributed by atoms with E-state index in [2.05, 4.69) is 44.5 Å². The first-order chi connectivity index (χ1) is 14.6. The van der Waals surface area contributed by atoms with Crippen LogP contribution in [0, 0.1) is 12.8 Å². The number of hydrogen-bond donors (Lipinski definition) is 2. The van der Waals surface area contributed by atoms with Crippen molar-refractivity contribution in [2.75, 3.05) is 45.8 Å². The summed E-state index contributed by atoms with van der Waals surface area (Å²) in [5.74, 6) is 3.60. The number of likely N-dealkylation sites (N-methyl/N-ethyl adjacent to an activating group) is 1. The minimum atomic E-state index is 0. The van der Waals surface area contributed by atoms with Crippen molar-refractivity contribution in [3.63, 3.8) is 0 Å². The number of guanidine groups is 1. The van der Waals surface area contributed by atoms with Crippen molar-refractivity contribution in [1.29, 1.82) is 0 Å². The molecule has 9 heteroatoms. The maximum Gasteiger partial charge on any atom is 0.191 e. The number of halogens is 1. The van der Waals surface area contributed by atoms with Gasteiger partial charge in [0.2, 0.25) is 0 Å². The molecule has 2 aliphatic heterocycles. The van der Waals surface area contributed by atoms with Gasteiger partial charge in [-0.05, 0) is 77.7 Å². The molecule has 1 aromatic heterocycles. The Hall–Kier alpha value is -0.940. The maximum absolute atomic E-state index is 4.81. The van der Waals surface area contributed by atoms with E-state index in [-0.39, 0.29) is 24.0 Å². The molecule has 1 aromatic rings. The van der Waals surface area contributed by atoms with Crippen molar-refractivity contribution in [2.24, 2.45) is 18.0 Å². The van der Waals surface area contributed by atoms with E-state index in [0.29, 0.717) is 12.6 Å². The van der Waals surface area contributed by atoms with E-state index in [9.17, 15) is 0 Å². The number of piperidine rings is 1. The summed E-state index contributed by atoms with van der Waals surface area (Å²) in [7, 11) is 2.00. The zero-order valence-corrected chi connectivity index (χ0v) is 22.3. The van der Waals surface area contributed by atoms with E-state index in [0.717, 1.165) is 49.6 Å². The summed E-state index contributed by atoms with van der Waals surface area (Å²) < 4.78 is 2.01. The molecule has 3 rings (SSSR count). The molecule has 8 nitrogen and oxygen atoms in total. The Kier molecular flexibility index (Phi) is 11.5. The second kappa shape index (κ2) is 13.6. The number of likely N-dealkylation sites (tertiary alicyclic amines) is 2. The summed E-state index contributed by atoms with van der Waals surface area (Å²) in [6.45, 7) is 15.0. The SMILES string of the molecule is CCN1CCCC1CNC(=NCc1nnc(C)n1C)NCCCN1CCC(C)CC1.I. The Morgan fingerprint density at radius 1 is 1.13 bits per heavy atom. The van der Waals surface area contributed by atoms with Crippen LogP contribution in [0.2, 0.25) is 0 Å². The monoisotopic (exact) mass is 546 g/mol. The van der Waals surface area contributed by atoms with E-state index < -0.39 is 0 Å². The van der Waals surface area contributed by atoms with Crippen molar-refractivity contribution >= 4 is 29.9 Å². The lowest BCUT2D eigenvalue weighted by Gasteiger charge is -2.30. The van der Waals surface area contributed by atoms with Gasteiger partial charge in [0, 0.05) is 26.2 Å². The Labute approximate surface area is 205 Å². The van der Waals surface area contributed by atoms with Crippen molar-refractivity contribution in [3.8, 4) is 0 Å². The van der Waals surface area contributed by atoms with Crippen LogP contribution in [0.1, 0.15) is 57.6 Å². The minimum absolute atomic E-state index is 0. The highest BCUT2D eigenvalue weighted by atomic mass is 127. The normalized spacial score (nSPS) is 21.3. The molecule has 2 N–H and O–H groups in total. The van der Waals surface area contributed by atoms with Crippen LogP contribution in [0.15, 0.2) is 4.99 Å². The predicted octanol–water partition coefficient (Wildman–Crippen LogP) is 2.38. The van der Waals surface area contributed by atoms with E-state index in [1.807, 2.05) is 18.5 Å². The molecule has 0 aliphatic carbocycles. The molecule has 2 fully saturated rings. The number of aryl methyl sites for hydroxylation is 1. The van der Waals surface area contributed by atoms with Crippen molar-refractivity contribution in [3.05, 3.63) is 11.6 Å². The number of nitrogens with zero attached hydrogens (tertiary/aromatic N) is 6. The molecule has 0 saturated carbocycles. The molecule has 2 aliphatic rings. The van der Waals surface area contributed by atoms with Crippen LogP contribution in [0.5, 0.6) is 0 Å². The van der Waals surface area contributed by atoms with Gasteiger partial charge in [0.1, 0.15) is 12.4 Å². The Morgan fingerprint density at radius 2 is 1.90 bits per heavy atom.